The number of nitrogens with one attached hydrogen (secondary N) is 1. The van der Waals surface area contributed by atoms with E-state index in [-0.39, 0.29) is 11.8 Å². The fraction of sp³-hybridized carbons (Fsp3) is 0.300. The molecule has 2 aromatic rings. The van der Waals surface area contributed by atoms with Gasteiger partial charge in [0.05, 0.1) is 12.8 Å². The average Bonchev–Trinajstić information content (AvgIpc) is 2.68. The molecule has 1 saturated heterocycles. The van der Waals surface area contributed by atoms with Gasteiger partial charge >= 0.3 is 0 Å². The summed E-state index contributed by atoms with van der Waals surface area (Å²) >= 11 is 6.00. The number of carbonyl (C=O) groups is 2. The second kappa shape index (κ2) is 8.23. The number of ether oxygens (including phenoxy) is 1. The maximum absolute atomic E-state index is 12.6. The summed E-state index contributed by atoms with van der Waals surface area (Å²) in [6.45, 7) is 1.55. The van der Waals surface area contributed by atoms with Gasteiger partial charge in [0.15, 0.2) is 0 Å². The van der Waals surface area contributed by atoms with E-state index in [2.05, 4.69) is 5.32 Å². The predicted molar refractivity (Wildman–Crippen MR) is 102 cm³/mol. The number of likely N-dealkylation sites (tertiary alicyclic amines) is 1. The molecule has 5 nitrogen and oxygen atoms in total. The van der Waals surface area contributed by atoms with Crippen LogP contribution < -0.4 is 10.1 Å². The molecule has 0 bridgehead atoms. The monoisotopic (exact) mass is 372 g/mol. The number of halogens is 1. The number of benzene rings is 2. The minimum absolute atomic E-state index is 0.0281. The summed E-state index contributed by atoms with van der Waals surface area (Å²) in [4.78, 5) is 27.1. The molecule has 0 saturated carbocycles. The molecule has 0 spiro atoms. The van der Waals surface area contributed by atoms with Crippen molar-refractivity contribution in [2.45, 2.75) is 19.3 Å². The molecule has 136 valence electrons. The van der Waals surface area contributed by atoms with E-state index in [1.807, 2.05) is 4.90 Å². The molecule has 1 aliphatic rings. The third kappa shape index (κ3) is 4.17. The van der Waals surface area contributed by atoms with E-state index in [0.717, 1.165) is 32.4 Å². The van der Waals surface area contributed by atoms with E-state index < -0.39 is 0 Å². The molecule has 0 unspecified atom stereocenters. The van der Waals surface area contributed by atoms with Crippen LogP contribution in [-0.2, 0) is 0 Å². The lowest BCUT2D eigenvalue weighted by atomic mass is 10.1. The number of amides is 2. The first-order valence-electron chi connectivity index (χ1n) is 8.63. The molecular formula is C20H21ClN2O3. The molecule has 0 radical (unpaired) electrons. The number of rotatable bonds is 4. The molecule has 26 heavy (non-hydrogen) atoms. The van der Waals surface area contributed by atoms with Crippen LogP contribution in [0.5, 0.6) is 5.75 Å². The van der Waals surface area contributed by atoms with Crippen LogP contribution in [0, 0.1) is 0 Å². The number of piperidine rings is 1. The molecule has 6 heteroatoms. The van der Waals surface area contributed by atoms with Crippen molar-refractivity contribution in [3.8, 4) is 5.75 Å². The number of carbonyl (C=O) groups excluding carboxylic acids is 2. The third-order valence-corrected chi connectivity index (χ3v) is 4.66. The fourth-order valence-corrected chi connectivity index (χ4v) is 3.22. The van der Waals surface area contributed by atoms with Crippen LogP contribution in [0.2, 0.25) is 5.02 Å². The van der Waals surface area contributed by atoms with Crippen molar-refractivity contribution >= 4 is 29.1 Å². The minimum Gasteiger partial charge on any atom is -0.495 e. The van der Waals surface area contributed by atoms with E-state index in [4.69, 9.17) is 16.3 Å². The average molecular weight is 373 g/mol. The number of nitrogens with zero attached hydrogens (tertiary/aromatic N) is 1. The Bertz CT molecular complexity index is 816. The zero-order valence-electron chi connectivity index (χ0n) is 14.6. The van der Waals surface area contributed by atoms with Crippen LogP contribution in [0.4, 0.5) is 5.69 Å². The normalized spacial score (nSPS) is 14.0. The summed E-state index contributed by atoms with van der Waals surface area (Å²) in [7, 11) is 1.52. The van der Waals surface area contributed by atoms with Crippen molar-refractivity contribution in [1.82, 2.24) is 4.90 Å². The van der Waals surface area contributed by atoms with E-state index in [9.17, 15) is 9.59 Å². The molecule has 0 aromatic heterocycles. The molecular weight excluding hydrogens is 352 g/mol. The van der Waals surface area contributed by atoms with Crippen LogP contribution >= 0.6 is 11.6 Å². The Kier molecular flexibility index (Phi) is 5.78. The van der Waals surface area contributed by atoms with Gasteiger partial charge in [-0.25, -0.2) is 0 Å². The van der Waals surface area contributed by atoms with Crippen molar-refractivity contribution in [3.05, 3.63) is 58.6 Å². The highest BCUT2D eigenvalue weighted by atomic mass is 35.5. The summed E-state index contributed by atoms with van der Waals surface area (Å²) in [5, 5.41) is 3.29. The molecule has 3 rings (SSSR count). The Labute approximate surface area is 157 Å². The first-order chi connectivity index (χ1) is 12.6. The van der Waals surface area contributed by atoms with E-state index in [0.29, 0.717) is 27.6 Å². The Morgan fingerprint density at radius 1 is 1.04 bits per heavy atom. The Morgan fingerprint density at radius 2 is 1.77 bits per heavy atom. The predicted octanol–water partition coefficient (Wildman–Crippen LogP) is 4.23. The number of anilines is 1. The maximum Gasteiger partial charge on any atom is 0.255 e. The largest absolute Gasteiger partial charge is 0.495 e. The second-order valence-electron chi connectivity index (χ2n) is 6.23. The molecule has 1 fully saturated rings. The summed E-state index contributed by atoms with van der Waals surface area (Å²) < 4.78 is 5.24. The summed E-state index contributed by atoms with van der Waals surface area (Å²) in [6.07, 6.45) is 3.22. The SMILES string of the molecule is COc1ccc(Cl)cc1NC(=O)c1cccc(C(=O)N2CCCCC2)c1. The van der Waals surface area contributed by atoms with Crippen LogP contribution in [0.1, 0.15) is 40.0 Å². The maximum atomic E-state index is 12.6. The van der Waals surface area contributed by atoms with Crippen molar-refractivity contribution in [2.75, 3.05) is 25.5 Å². The van der Waals surface area contributed by atoms with Gasteiger partial charge in [0.25, 0.3) is 11.8 Å². The number of hydrogen-bond acceptors (Lipinski definition) is 3. The van der Waals surface area contributed by atoms with Gasteiger partial charge < -0.3 is 15.0 Å². The summed E-state index contributed by atoms with van der Waals surface area (Å²) in [5.41, 5.74) is 1.42. The standard InChI is InChI=1S/C20H21ClN2O3/c1-26-18-9-8-16(21)13-17(18)22-19(24)14-6-5-7-15(12-14)20(25)23-10-3-2-4-11-23/h5-9,12-13H,2-4,10-11H2,1H3,(H,22,24). The Balaban J connectivity index is 1.78. The molecule has 2 amide bonds. The Morgan fingerprint density at radius 3 is 2.50 bits per heavy atom. The zero-order chi connectivity index (χ0) is 18.5. The molecule has 0 aliphatic carbocycles. The first kappa shape index (κ1) is 18.3. The molecule has 0 atom stereocenters. The highest BCUT2D eigenvalue weighted by molar-refractivity contribution is 6.31. The van der Waals surface area contributed by atoms with Crippen LogP contribution in [-0.4, -0.2) is 36.9 Å². The Hall–Kier alpha value is -2.53. The lowest BCUT2D eigenvalue weighted by molar-refractivity contribution is 0.0724. The fourth-order valence-electron chi connectivity index (χ4n) is 3.05. The minimum atomic E-state index is -0.320. The van der Waals surface area contributed by atoms with Crippen molar-refractivity contribution in [2.24, 2.45) is 0 Å². The van der Waals surface area contributed by atoms with Crippen molar-refractivity contribution in [3.63, 3.8) is 0 Å². The highest BCUT2D eigenvalue weighted by Gasteiger charge is 2.19. The summed E-state index contributed by atoms with van der Waals surface area (Å²) in [5.74, 6) is 0.168. The molecule has 2 aromatic carbocycles. The van der Waals surface area contributed by atoms with Crippen molar-refractivity contribution < 1.29 is 14.3 Å². The van der Waals surface area contributed by atoms with E-state index >= 15 is 0 Å². The van der Waals surface area contributed by atoms with Crippen molar-refractivity contribution in [1.29, 1.82) is 0 Å². The number of methoxy groups -OCH3 is 1. The lowest BCUT2D eigenvalue weighted by Crippen LogP contribution is -2.35. The molecule has 1 N–H and O–H groups in total. The van der Waals surface area contributed by atoms with E-state index in [1.54, 1.807) is 42.5 Å². The van der Waals surface area contributed by atoms with Gasteiger partial charge in [-0.1, -0.05) is 17.7 Å². The van der Waals surface area contributed by atoms with Gasteiger partial charge in [0.2, 0.25) is 0 Å². The first-order valence-corrected chi connectivity index (χ1v) is 9.00. The summed E-state index contributed by atoms with van der Waals surface area (Å²) in [6, 6.07) is 11.8. The molecule has 1 aliphatic heterocycles. The zero-order valence-corrected chi connectivity index (χ0v) is 15.4. The molecule has 1 heterocycles. The van der Waals surface area contributed by atoms with Gasteiger partial charge in [-0.15, -0.1) is 0 Å². The lowest BCUT2D eigenvalue weighted by Gasteiger charge is -2.26. The highest BCUT2D eigenvalue weighted by Crippen LogP contribution is 2.28. The van der Waals surface area contributed by atoms with Crippen LogP contribution in [0.25, 0.3) is 0 Å². The van der Waals surface area contributed by atoms with Crippen LogP contribution in [0.15, 0.2) is 42.5 Å². The third-order valence-electron chi connectivity index (χ3n) is 4.42. The van der Waals surface area contributed by atoms with Gasteiger partial charge in [-0.05, 0) is 55.7 Å². The topological polar surface area (TPSA) is 58.6 Å². The van der Waals surface area contributed by atoms with Gasteiger partial charge in [-0.3, -0.25) is 9.59 Å². The quantitative estimate of drug-likeness (QED) is 0.873. The number of hydrogen-bond donors (Lipinski definition) is 1. The second-order valence-corrected chi connectivity index (χ2v) is 6.67. The van der Waals surface area contributed by atoms with E-state index in [1.165, 1.54) is 7.11 Å². The van der Waals surface area contributed by atoms with Gasteiger partial charge in [-0.2, -0.15) is 0 Å². The van der Waals surface area contributed by atoms with Gasteiger partial charge in [0.1, 0.15) is 5.75 Å². The van der Waals surface area contributed by atoms with Crippen LogP contribution in [0.3, 0.4) is 0 Å². The smallest absolute Gasteiger partial charge is 0.255 e. The van der Waals surface area contributed by atoms with Gasteiger partial charge in [0, 0.05) is 29.2 Å².